The van der Waals surface area contributed by atoms with Gasteiger partial charge in [0.1, 0.15) is 11.9 Å². The molecule has 1 N–H and O–H groups in total. The first-order valence-corrected chi connectivity index (χ1v) is 7.77. The second-order valence-electron chi connectivity index (χ2n) is 5.71. The lowest BCUT2D eigenvalue weighted by molar-refractivity contribution is -0.145. The van der Waals surface area contributed by atoms with Gasteiger partial charge in [0.05, 0.1) is 26.2 Å². The number of piperazine rings is 1. The Morgan fingerprint density at radius 3 is 2.96 bits per heavy atom. The van der Waals surface area contributed by atoms with E-state index in [9.17, 15) is 14.0 Å². The van der Waals surface area contributed by atoms with Crippen LogP contribution >= 0.6 is 0 Å². The molecule has 1 unspecified atom stereocenters. The molecule has 2 saturated heterocycles. The summed E-state index contributed by atoms with van der Waals surface area (Å²) >= 11 is 0. The summed E-state index contributed by atoms with van der Waals surface area (Å²) in [6.07, 6.45) is -0.465. The number of carbonyl (C=O) groups is 2. The molecule has 0 aliphatic carbocycles. The molecule has 23 heavy (non-hydrogen) atoms. The Morgan fingerprint density at radius 2 is 2.17 bits per heavy atom. The van der Waals surface area contributed by atoms with Crippen LogP contribution in [0, 0.1) is 5.82 Å². The molecule has 2 aliphatic rings. The lowest BCUT2D eigenvalue weighted by Gasteiger charge is -2.35. The Morgan fingerprint density at radius 1 is 1.35 bits per heavy atom. The average molecular weight is 321 g/mol. The van der Waals surface area contributed by atoms with Crippen LogP contribution in [-0.2, 0) is 14.3 Å². The lowest BCUT2D eigenvalue weighted by Crippen LogP contribution is -2.53. The van der Waals surface area contributed by atoms with Crippen molar-refractivity contribution >= 4 is 11.8 Å². The van der Waals surface area contributed by atoms with Crippen molar-refractivity contribution in [3.63, 3.8) is 0 Å². The van der Waals surface area contributed by atoms with Crippen molar-refractivity contribution in [1.82, 2.24) is 15.1 Å². The van der Waals surface area contributed by atoms with Gasteiger partial charge in [-0.15, -0.1) is 0 Å². The Bertz CT molecular complexity index is 596. The van der Waals surface area contributed by atoms with Gasteiger partial charge in [-0.25, -0.2) is 4.39 Å². The number of ether oxygens (including phenoxy) is 1. The molecule has 2 aliphatic heterocycles. The predicted molar refractivity (Wildman–Crippen MR) is 81.1 cm³/mol. The van der Waals surface area contributed by atoms with Gasteiger partial charge in [-0.3, -0.25) is 9.59 Å². The molecule has 0 spiro atoms. The van der Waals surface area contributed by atoms with Crippen LogP contribution in [0.2, 0.25) is 0 Å². The fourth-order valence-corrected chi connectivity index (χ4v) is 2.88. The summed E-state index contributed by atoms with van der Waals surface area (Å²) in [5, 5.41) is 2.97. The number of nitrogens with one attached hydrogen (secondary N) is 1. The van der Waals surface area contributed by atoms with Gasteiger partial charge in [-0.2, -0.15) is 0 Å². The van der Waals surface area contributed by atoms with E-state index in [0.29, 0.717) is 38.3 Å². The highest BCUT2D eigenvalue weighted by molar-refractivity contribution is 5.86. The fraction of sp³-hybridized carbons (Fsp3) is 0.500. The van der Waals surface area contributed by atoms with Crippen LogP contribution in [0.5, 0.6) is 0 Å². The standard InChI is InChI=1S/C16H20FN3O3/c17-13-4-2-1-3-12(13)14-10-20(7-8-23-14)16(22)11-19-6-5-18-9-15(19)21/h1-4,14,18H,5-11H2. The van der Waals surface area contributed by atoms with Gasteiger partial charge in [0, 0.05) is 25.2 Å². The smallest absolute Gasteiger partial charge is 0.242 e. The van der Waals surface area contributed by atoms with E-state index in [4.69, 9.17) is 4.74 Å². The first-order valence-electron chi connectivity index (χ1n) is 7.77. The van der Waals surface area contributed by atoms with Gasteiger partial charge < -0.3 is 19.9 Å². The molecule has 6 nitrogen and oxygen atoms in total. The zero-order valence-electron chi connectivity index (χ0n) is 12.8. The molecule has 2 amide bonds. The monoisotopic (exact) mass is 321 g/mol. The first kappa shape index (κ1) is 15.9. The lowest BCUT2D eigenvalue weighted by atomic mass is 10.1. The summed E-state index contributed by atoms with van der Waals surface area (Å²) in [5.41, 5.74) is 0.461. The number of carbonyl (C=O) groups excluding carboxylic acids is 2. The van der Waals surface area contributed by atoms with Crippen molar-refractivity contribution in [3.05, 3.63) is 35.6 Å². The molecule has 0 bridgehead atoms. The minimum Gasteiger partial charge on any atom is -0.370 e. The van der Waals surface area contributed by atoms with Crippen molar-refractivity contribution in [2.75, 3.05) is 45.9 Å². The van der Waals surface area contributed by atoms with Crippen LogP contribution < -0.4 is 5.32 Å². The Labute approximate surface area is 134 Å². The summed E-state index contributed by atoms with van der Waals surface area (Å²) in [6, 6.07) is 6.44. The number of rotatable bonds is 3. The second-order valence-corrected chi connectivity index (χ2v) is 5.71. The maximum absolute atomic E-state index is 13.9. The summed E-state index contributed by atoms with van der Waals surface area (Å²) in [5.74, 6) is -0.516. The molecule has 3 rings (SSSR count). The van der Waals surface area contributed by atoms with E-state index in [0.717, 1.165) is 0 Å². The Hall–Kier alpha value is -1.99. The molecule has 7 heteroatoms. The largest absolute Gasteiger partial charge is 0.370 e. The number of halogens is 1. The Balaban J connectivity index is 1.63. The predicted octanol–water partition coefficient (Wildman–Crippen LogP) is 0.157. The summed E-state index contributed by atoms with van der Waals surface area (Å²) < 4.78 is 19.5. The van der Waals surface area contributed by atoms with E-state index in [2.05, 4.69) is 5.32 Å². The quantitative estimate of drug-likeness (QED) is 0.861. The number of hydrogen-bond acceptors (Lipinski definition) is 4. The van der Waals surface area contributed by atoms with E-state index in [1.165, 1.54) is 6.07 Å². The molecule has 2 fully saturated rings. The molecule has 0 radical (unpaired) electrons. The summed E-state index contributed by atoms with van der Waals surface area (Å²) in [7, 11) is 0. The molecular weight excluding hydrogens is 301 g/mol. The molecular formula is C16H20FN3O3. The van der Waals surface area contributed by atoms with Crippen molar-refractivity contribution < 1.29 is 18.7 Å². The van der Waals surface area contributed by atoms with E-state index < -0.39 is 6.10 Å². The number of benzene rings is 1. The van der Waals surface area contributed by atoms with Gasteiger partial charge in [-0.1, -0.05) is 18.2 Å². The summed E-state index contributed by atoms with van der Waals surface area (Å²) in [4.78, 5) is 27.4. The zero-order chi connectivity index (χ0) is 16.2. The maximum atomic E-state index is 13.9. The Kier molecular flexibility index (Phi) is 4.88. The zero-order valence-corrected chi connectivity index (χ0v) is 12.8. The van der Waals surface area contributed by atoms with Crippen molar-refractivity contribution in [3.8, 4) is 0 Å². The second kappa shape index (κ2) is 7.06. The highest BCUT2D eigenvalue weighted by Gasteiger charge is 2.29. The fourth-order valence-electron chi connectivity index (χ4n) is 2.88. The van der Waals surface area contributed by atoms with Crippen molar-refractivity contribution in [2.24, 2.45) is 0 Å². The van der Waals surface area contributed by atoms with Crippen LogP contribution in [-0.4, -0.2) is 67.5 Å². The first-order chi connectivity index (χ1) is 11.1. The molecule has 124 valence electrons. The molecule has 2 heterocycles. The van der Waals surface area contributed by atoms with E-state index in [1.807, 2.05) is 0 Å². The molecule has 1 aromatic carbocycles. The van der Waals surface area contributed by atoms with Gasteiger partial charge in [0.2, 0.25) is 11.8 Å². The number of hydrogen-bond donors (Lipinski definition) is 1. The number of morpholine rings is 1. The van der Waals surface area contributed by atoms with E-state index in [1.54, 1.807) is 28.0 Å². The third-order valence-electron chi connectivity index (χ3n) is 4.18. The van der Waals surface area contributed by atoms with Crippen LogP contribution in [0.25, 0.3) is 0 Å². The van der Waals surface area contributed by atoms with E-state index >= 15 is 0 Å². The minimum atomic E-state index is -0.465. The molecule has 1 aromatic rings. The van der Waals surface area contributed by atoms with Crippen molar-refractivity contribution in [1.29, 1.82) is 0 Å². The highest BCUT2D eigenvalue weighted by atomic mass is 19.1. The number of amides is 2. The van der Waals surface area contributed by atoms with Gasteiger partial charge in [0.25, 0.3) is 0 Å². The van der Waals surface area contributed by atoms with Crippen LogP contribution in [0.3, 0.4) is 0 Å². The van der Waals surface area contributed by atoms with Crippen LogP contribution in [0.15, 0.2) is 24.3 Å². The maximum Gasteiger partial charge on any atom is 0.242 e. The molecule has 0 saturated carbocycles. The van der Waals surface area contributed by atoms with Gasteiger partial charge in [-0.05, 0) is 6.07 Å². The van der Waals surface area contributed by atoms with Crippen LogP contribution in [0.1, 0.15) is 11.7 Å². The highest BCUT2D eigenvalue weighted by Crippen LogP contribution is 2.24. The van der Waals surface area contributed by atoms with E-state index in [-0.39, 0.29) is 30.7 Å². The number of nitrogens with zero attached hydrogens (tertiary/aromatic N) is 2. The third kappa shape index (κ3) is 3.68. The third-order valence-corrected chi connectivity index (χ3v) is 4.18. The summed E-state index contributed by atoms with van der Waals surface area (Å²) in [6.45, 7) is 2.70. The SMILES string of the molecule is O=C1CNCCN1CC(=O)N1CCOC(c2ccccc2F)C1. The molecule has 0 aromatic heterocycles. The van der Waals surface area contributed by atoms with Gasteiger partial charge >= 0.3 is 0 Å². The van der Waals surface area contributed by atoms with Crippen molar-refractivity contribution in [2.45, 2.75) is 6.10 Å². The average Bonchev–Trinajstić information content (AvgIpc) is 2.57. The topological polar surface area (TPSA) is 61.9 Å². The molecule has 1 atom stereocenters. The van der Waals surface area contributed by atoms with Gasteiger partial charge in [0.15, 0.2) is 0 Å². The normalized spacial score (nSPS) is 22.3. The minimum absolute atomic E-state index is 0.0662. The van der Waals surface area contributed by atoms with Crippen LogP contribution in [0.4, 0.5) is 4.39 Å².